The van der Waals surface area contributed by atoms with E-state index in [0.717, 1.165) is 0 Å². The molecule has 3 rings (SSSR count). The van der Waals surface area contributed by atoms with E-state index in [9.17, 15) is 22.4 Å². The van der Waals surface area contributed by atoms with Crippen LogP contribution in [0.3, 0.4) is 0 Å². The topological polar surface area (TPSA) is 77.2 Å². The lowest BCUT2D eigenvalue weighted by molar-refractivity contribution is -0.153. The molecule has 1 aromatic heterocycles. The first-order valence-electron chi connectivity index (χ1n) is 8.89. The lowest BCUT2D eigenvalue weighted by Gasteiger charge is -2.13. The molecule has 0 aliphatic rings. The van der Waals surface area contributed by atoms with Gasteiger partial charge in [0.15, 0.2) is 6.61 Å². The molecule has 0 bridgehead atoms. The highest BCUT2D eigenvalue weighted by Crippen LogP contribution is 2.26. The molecule has 30 heavy (non-hydrogen) atoms. The largest absolute Gasteiger partial charge is 0.482 e. The highest BCUT2D eigenvalue weighted by Gasteiger charge is 2.28. The van der Waals surface area contributed by atoms with Gasteiger partial charge >= 0.3 is 6.18 Å². The van der Waals surface area contributed by atoms with Crippen molar-refractivity contribution >= 4 is 11.6 Å². The molecule has 0 saturated carbocycles. The number of aryl methyl sites for hydroxylation is 2. The number of ether oxygens (including phenoxy) is 1. The number of carbonyl (C=O) groups is 1. The third-order valence-electron chi connectivity index (χ3n) is 4.02. The van der Waals surface area contributed by atoms with E-state index >= 15 is 0 Å². The summed E-state index contributed by atoms with van der Waals surface area (Å²) in [5, 5.41) is 6.27. The summed E-state index contributed by atoms with van der Waals surface area (Å²) in [5.41, 5.74) is 1.04. The van der Waals surface area contributed by atoms with Crippen molar-refractivity contribution in [1.29, 1.82) is 0 Å². The van der Waals surface area contributed by atoms with E-state index in [1.165, 1.54) is 24.3 Å². The van der Waals surface area contributed by atoms with E-state index in [0.29, 0.717) is 11.1 Å². The first-order valence-corrected chi connectivity index (χ1v) is 8.89. The number of amides is 1. The van der Waals surface area contributed by atoms with Crippen LogP contribution in [0.25, 0.3) is 11.4 Å². The molecule has 6 nitrogen and oxygen atoms in total. The summed E-state index contributed by atoms with van der Waals surface area (Å²) < 4.78 is 60.5. The standard InChI is InChI=1S/C20H17F4N3O3/c1-12-6-7-13(10-14(12)21)19-26-18(30-27-19)9-8-17(28)25-15-4-2-3-5-16(15)29-11-20(22,23)24/h2-7,10H,8-9,11H2,1H3,(H,25,28). The SMILES string of the molecule is Cc1ccc(-c2noc(CCC(=O)Nc3ccccc3OCC(F)(F)F)n2)cc1F. The van der Waals surface area contributed by atoms with Crippen LogP contribution in [-0.4, -0.2) is 28.8 Å². The predicted octanol–water partition coefficient (Wildman–Crippen LogP) is 4.70. The van der Waals surface area contributed by atoms with Crippen LogP contribution >= 0.6 is 0 Å². The summed E-state index contributed by atoms with van der Waals surface area (Å²) >= 11 is 0. The monoisotopic (exact) mass is 423 g/mol. The number of anilines is 1. The summed E-state index contributed by atoms with van der Waals surface area (Å²) in [6, 6.07) is 10.3. The average Bonchev–Trinajstić information content (AvgIpc) is 3.16. The highest BCUT2D eigenvalue weighted by atomic mass is 19.4. The minimum Gasteiger partial charge on any atom is -0.482 e. The fourth-order valence-corrected chi connectivity index (χ4v) is 2.49. The molecule has 0 aliphatic carbocycles. The van der Waals surface area contributed by atoms with Gasteiger partial charge in [0, 0.05) is 18.4 Å². The Morgan fingerprint density at radius 2 is 1.97 bits per heavy atom. The highest BCUT2D eigenvalue weighted by molar-refractivity contribution is 5.92. The van der Waals surface area contributed by atoms with Crippen molar-refractivity contribution in [2.45, 2.75) is 25.9 Å². The molecule has 1 heterocycles. The maximum atomic E-state index is 13.7. The molecule has 158 valence electrons. The van der Waals surface area contributed by atoms with Crippen molar-refractivity contribution in [3.63, 3.8) is 0 Å². The van der Waals surface area contributed by atoms with E-state index in [2.05, 4.69) is 15.5 Å². The van der Waals surface area contributed by atoms with E-state index in [1.54, 1.807) is 25.1 Å². The van der Waals surface area contributed by atoms with Gasteiger partial charge in [0.2, 0.25) is 17.6 Å². The molecule has 0 unspecified atom stereocenters. The van der Waals surface area contributed by atoms with Gasteiger partial charge in [-0.2, -0.15) is 18.2 Å². The molecule has 10 heteroatoms. The normalized spacial score (nSPS) is 11.4. The molecule has 0 fully saturated rings. The van der Waals surface area contributed by atoms with Crippen molar-refractivity contribution in [1.82, 2.24) is 10.1 Å². The number of nitrogens with one attached hydrogen (secondary N) is 1. The van der Waals surface area contributed by atoms with Gasteiger partial charge in [0.1, 0.15) is 11.6 Å². The van der Waals surface area contributed by atoms with Gasteiger partial charge < -0.3 is 14.6 Å². The van der Waals surface area contributed by atoms with E-state index in [-0.39, 0.29) is 36.0 Å². The number of aromatic nitrogens is 2. The third kappa shape index (κ3) is 5.79. The van der Waals surface area contributed by atoms with Gasteiger partial charge in [-0.05, 0) is 30.7 Å². The van der Waals surface area contributed by atoms with Gasteiger partial charge in [-0.15, -0.1) is 0 Å². The van der Waals surface area contributed by atoms with Crippen molar-refractivity contribution in [3.05, 3.63) is 59.7 Å². The minimum atomic E-state index is -4.49. The van der Waals surface area contributed by atoms with Gasteiger partial charge in [0.25, 0.3) is 0 Å². The second-order valence-electron chi connectivity index (χ2n) is 6.42. The summed E-state index contributed by atoms with van der Waals surface area (Å²) in [6.45, 7) is 0.163. The number of rotatable bonds is 7. The Morgan fingerprint density at radius 1 is 1.20 bits per heavy atom. The number of nitrogens with zero attached hydrogens (tertiary/aromatic N) is 2. The summed E-state index contributed by atoms with van der Waals surface area (Å²) in [6.07, 6.45) is -4.45. The lowest BCUT2D eigenvalue weighted by atomic mass is 10.1. The first-order chi connectivity index (χ1) is 14.2. The Bertz CT molecular complexity index is 1030. The van der Waals surface area contributed by atoms with E-state index in [4.69, 9.17) is 9.26 Å². The van der Waals surface area contributed by atoms with Crippen LogP contribution in [0.15, 0.2) is 47.0 Å². The molecule has 0 aliphatic heterocycles. The zero-order chi connectivity index (χ0) is 21.7. The number of alkyl halides is 3. The molecule has 0 atom stereocenters. The zero-order valence-corrected chi connectivity index (χ0v) is 15.8. The summed E-state index contributed by atoms with van der Waals surface area (Å²) in [4.78, 5) is 16.3. The minimum absolute atomic E-state index is 0.0580. The number of halogens is 4. The molecular formula is C20H17F4N3O3. The van der Waals surface area contributed by atoms with Gasteiger partial charge in [0.05, 0.1) is 5.69 Å². The maximum Gasteiger partial charge on any atom is 0.422 e. The smallest absolute Gasteiger partial charge is 0.422 e. The Morgan fingerprint density at radius 3 is 2.70 bits per heavy atom. The van der Waals surface area contributed by atoms with Crippen molar-refractivity contribution in [2.24, 2.45) is 0 Å². The number of carbonyl (C=O) groups excluding carboxylic acids is 1. The maximum absolute atomic E-state index is 13.7. The second kappa shape index (κ2) is 8.93. The van der Waals surface area contributed by atoms with Crippen molar-refractivity contribution in [2.75, 3.05) is 11.9 Å². The number of benzene rings is 2. The van der Waals surface area contributed by atoms with Crippen LogP contribution in [-0.2, 0) is 11.2 Å². The van der Waals surface area contributed by atoms with E-state index < -0.39 is 24.5 Å². The molecule has 1 N–H and O–H groups in total. The Kier molecular flexibility index (Phi) is 6.34. The van der Waals surface area contributed by atoms with Crippen LogP contribution in [0.4, 0.5) is 23.2 Å². The second-order valence-corrected chi connectivity index (χ2v) is 6.42. The average molecular weight is 423 g/mol. The molecule has 0 saturated heterocycles. The number of hydrogen-bond acceptors (Lipinski definition) is 5. The van der Waals surface area contributed by atoms with Crippen molar-refractivity contribution in [3.8, 4) is 17.1 Å². The predicted molar refractivity (Wildman–Crippen MR) is 99.4 cm³/mol. The lowest BCUT2D eigenvalue weighted by Crippen LogP contribution is -2.20. The van der Waals surface area contributed by atoms with Gasteiger partial charge in [-0.25, -0.2) is 4.39 Å². The van der Waals surface area contributed by atoms with Crippen LogP contribution in [0.1, 0.15) is 17.9 Å². The summed E-state index contributed by atoms with van der Waals surface area (Å²) in [5.74, 6) is -0.605. The van der Waals surface area contributed by atoms with Crippen LogP contribution < -0.4 is 10.1 Å². The number of hydrogen-bond donors (Lipinski definition) is 1. The van der Waals surface area contributed by atoms with Crippen LogP contribution in [0.2, 0.25) is 0 Å². The molecular weight excluding hydrogens is 406 g/mol. The van der Waals surface area contributed by atoms with Gasteiger partial charge in [-0.1, -0.05) is 29.4 Å². The Balaban J connectivity index is 1.58. The van der Waals surface area contributed by atoms with Crippen LogP contribution in [0.5, 0.6) is 5.75 Å². The van der Waals surface area contributed by atoms with Gasteiger partial charge in [-0.3, -0.25) is 4.79 Å². The summed E-state index contributed by atoms with van der Waals surface area (Å²) in [7, 11) is 0. The zero-order valence-electron chi connectivity index (χ0n) is 15.8. The molecule has 2 aromatic carbocycles. The van der Waals surface area contributed by atoms with Crippen LogP contribution in [0, 0.1) is 12.7 Å². The molecule has 0 spiro atoms. The Labute approximate surface area is 168 Å². The third-order valence-corrected chi connectivity index (χ3v) is 4.02. The fraction of sp³-hybridized carbons (Fsp3) is 0.250. The van der Waals surface area contributed by atoms with Crippen molar-refractivity contribution < 1.29 is 31.6 Å². The fourth-order valence-electron chi connectivity index (χ4n) is 2.49. The molecule has 0 radical (unpaired) electrons. The molecule has 3 aromatic rings. The first kappa shape index (κ1) is 21.3. The Hall–Kier alpha value is -3.43. The number of para-hydroxylation sites is 2. The van der Waals surface area contributed by atoms with E-state index in [1.807, 2.05) is 0 Å². The molecule has 1 amide bonds. The quantitative estimate of drug-likeness (QED) is 0.558.